The van der Waals surface area contributed by atoms with Gasteiger partial charge in [0.15, 0.2) is 0 Å². The molecule has 2 heterocycles. The first-order valence-corrected chi connectivity index (χ1v) is 3.82. The van der Waals surface area contributed by atoms with Crippen LogP contribution >= 0.6 is 11.6 Å². The van der Waals surface area contributed by atoms with E-state index in [0.717, 1.165) is 24.3 Å². The van der Waals surface area contributed by atoms with Crippen LogP contribution in [-0.4, -0.2) is 16.8 Å². The van der Waals surface area contributed by atoms with Gasteiger partial charge in [0.2, 0.25) is 5.91 Å². The van der Waals surface area contributed by atoms with Crippen molar-refractivity contribution < 1.29 is 4.79 Å². The van der Waals surface area contributed by atoms with E-state index in [4.69, 9.17) is 11.6 Å². The van der Waals surface area contributed by atoms with Crippen molar-refractivity contribution >= 4 is 17.5 Å². The van der Waals surface area contributed by atoms with Crippen molar-refractivity contribution in [3.63, 3.8) is 0 Å². The van der Waals surface area contributed by atoms with Crippen molar-refractivity contribution in [3.8, 4) is 0 Å². The Labute approximate surface area is 64.5 Å². The zero-order chi connectivity index (χ0) is 7.14. The number of halogens is 1. The van der Waals surface area contributed by atoms with Gasteiger partial charge in [0, 0.05) is 23.7 Å². The van der Waals surface area contributed by atoms with Crippen LogP contribution in [0, 0.1) is 0 Å². The number of amides is 1. The Morgan fingerprint density at radius 1 is 1.70 bits per heavy atom. The van der Waals surface area contributed by atoms with Gasteiger partial charge in [0.25, 0.3) is 0 Å². The maximum Gasteiger partial charge on any atom is 0.228 e. The second-order valence-electron chi connectivity index (χ2n) is 2.77. The molecule has 3 heteroatoms. The van der Waals surface area contributed by atoms with Gasteiger partial charge >= 0.3 is 0 Å². The average molecular weight is 158 g/mol. The largest absolute Gasteiger partial charge is 0.314 e. The van der Waals surface area contributed by atoms with Crippen LogP contribution in [0.25, 0.3) is 0 Å². The smallest absolute Gasteiger partial charge is 0.228 e. The highest BCUT2D eigenvalue weighted by molar-refractivity contribution is 6.29. The van der Waals surface area contributed by atoms with Crippen LogP contribution in [0.4, 0.5) is 0 Å². The molecular weight excluding hydrogens is 150 g/mol. The van der Waals surface area contributed by atoms with E-state index >= 15 is 0 Å². The van der Waals surface area contributed by atoms with Crippen molar-refractivity contribution in [1.29, 1.82) is 0 Å². The molecule has 0 aromatic heterocycles. The van der Waals surface area contributed by atoms with E-state index in [0.29, 0.717) is 6.04 Å². The first-order valence-electron chi connectivity index (χ1n) is 3.45. The molecule has 2 rings (SSSR count). The van der Waals surface area contributed by atoms with Gasteiger partial charge in [-0.15, -0.1) is 0 Å². The van der Waals surface area contributed by atoms with Crippen LogP contribution < -0.4 is 0 Å². The van der Waals surface area contributed by atoms with Gasteiger partial charge in [-0.25, -0.2) is 0 Å². The van der Waals surface area contributed by atoms with Crippen LogP contribution in [0.15, 0.2) is 11.2 Å². The highest BCUT2D eigenvalue weighted by atomic mass is 35.5. The molecule has 0 saturated carbocycles. The predicted octanol–water partition coefficient (Wildman–Crippen LogP) is 1.46. The van der Waals surface area contributed by atoms with Crippen molar-refractivity contribution in [2.24, 2.45) is 0 Å². The molecule has 0 spiro atoms. The molecule has 54 valence electrons. The summed E-state index contributed by atoms with van der Waals surface area (Å²) in [4.78, 5) is 12.6. The van der Waals surface area contributed by atoms with Crippen LogP contribution in [0.1, 0.15) is 19.3 Å². The van der Waals surface area contributed by atoms with Gasteiger partial charge in [-0.05, 0) is 12.8 Å². The summed E-state index contributed by atoms with van der Waals surface area (Å²) in [5, 5.41) is 0.810. The van der Waals surface area contributed by atoms with E-state index < -0.39 is 0 Å². The van der Waals surface area contributed by atoms with Crippen molar-refractivity contribution in [1.82, 2.24) is 4.90 Å². The summed E-state index contributed by atoms with van der Waals surface area (Å²) in [5.74, 6) is 0.211. The van der Waals surface area contributed by atoms with Crippen LogP contribution in [0.3, 0.4) is 0 Å². The molecule has 2 aliphatic rings. The monoisotopic (exact) mass is 157 g/mol. The lowest BCUT2D eigenvalue weighted by Gasteiger charge is -2.40. The standard InChI is InChI=1S/C7H8ClNO/c8-5-1-2-6-3-7(10)9(6)4-5/h4,6H,1-3H2/t6-/m1/s1. The zero-order valence-electron chi connectivity index (χ0n) is 5.51. The van der Waals surface area contributed by atoms with Crippen molar-refractivity contribution in [2.75, 3.05) is 0 Å². The number of fused-ring (bicyclic) bond motifs is 1. The van der Waals surface area contributed by atoms with Gasteiger partial charge in [-0.2, -0.15) is 0 Å². The van der Waals surface area contributed by atoms with E-state index in [1.54, 1.807) is 11.1 Å². The Kier molecular flexibility index (Phi) is 1.24. The highest BCUT2D eigenvalue weighted by Gasteiger charge is 2.36. The number of hydrogen-bond donors (Lipinski definition) is 0. The Balaban J connectivity index is 2.18. The number of carbonyl (C=O) groups is 1. The molecule has 0 aliphatic carbocycles. The lowest BCUT2D eigenvalue weighted by Crippen LogP contribution is -2.50. The zero-order valence-corrected chi connectivity index (χ0v) is 6.27. The van der Waals surface area contributed by atoms with Crippen molar-refractivity contribution in [2.45, 2.75) is 25.3 Å². The highest BCUT2D eigenvalue weighted by Crippen LogP contribution is 2.31. The third kappa shape index (κ3) is 0.754. The molecule has 1 fully saturated rings. The summed E-state index contributed by atoms with van der Waals surface area (Å²) in [6.07, 6.45) is 4.47. The minimum absolute atomic E-state index is 0.211. The Hall–Kier alpha value is -0.500. The Morgan fingerprint density at radius 2 is 2.50 bits per heavy atom. The molecule has 1 saturated heterocycles. The molecule has 2 aliphatic heterocycles. The fourth-order valence-electron chi connectivity index (χ4n) is 1.44. The Bertz CT molecular complexity index is 212. The fraction of sp³-hybridized carbons (Fsp3) is 0.571. The normalized spacial score (nSPS) is 30.9. The first kappa shape index (κ1) is 6.23. The van der Waals surface area contributed by atoms with E-state index in [-0.39, 0.29) is 5.91 Å². The van der Waals surface area contributed by atoms with Gasteiger partial charge < -0.3 is 4.90 Å². The molecule has 0 N–H and O–H groups in total. The summed E-state index contributed by atoms with van der Waals surface area (Å²) in [6, 6.07) is 0.468. The number of nitrogens with zero attached hydrogens (tertiary/aromatic N) is 1. The third-order valence-electron chi connectivity index (χ3n) is 2.09. The van der Waals surface area contributed by atoms with Gasteiger partial charge in [0.1, 0.15) is 0 Å². The third-order valence-corrected chi connectivity index (χ3v) is 2.37. The van der Waals surface area contributed by atoms with E-state index in [1.165, 1.54) is 0 Å². The first-order chi connectivity index (χ1) is 4.77. The fourth-order valence-corrected chi connectivity index (χ4v) is 1.65. The van der Waals surface area contributed by atoms with E-state index in [1.807, 2.05) is 0 Å². The lowest BCUT2D eigenvalue weighted by atomic mass is 9.95. The lowest BCUT2D eigenvalue weighted by molar-refractivity contribution is -0.142. The summed E-state index contributed by atoms with van der Waals surface area (Å²) >= 11 is 5.74. The number of rotatable bonds is 0. The van der Waals surface area contributed by atoms with Crippen LogP contribution in [-0.2, 0) is 4.79 Å². The molecule has 0 unspecified atom stereocenters. The quantitative estimate of drug-likeness (QED) is 0.488. The molecule has 0 bridgehead atoms. The number of carbonyl (C=O) groups excluding carboxylic acids is 1. The summed E-state index contributed by atoms with van der Waals surface area (Å²) < 4.78 is 0. The van der Waals surface area contributed by atoms with Crippen LogP contribution in [0.2, 0.25) is 0 Å². The molecule has 0 radical (unpaired) electrons. The second kappa shape index (κ2) is 1.99. The number of allylic oxidation sites excluding steroid dienone is 1. The molecule has 0 aromatic rings. The van der Waals surface area contributed by atoms with Crippen LogP contribution in [0.5, 0.6) is 0 Å². The maximum atomic E-state index is 10.8. The van der Waals surface area contributed by atoms with Gasteiger partial charge in [0.05, 0.1) is 0 Å². The maximum absolute atomic E-state index is 10.8. The minimum atomic E-state index is 0.211. The summed E-state index contributed by atoms with van der Waals surface area (Å²) in [5.41, 5.74) is 0. The minimum Gasteiger partial charge on any atom is -0.314 e. The second-order valence-corrected chi connectivity index (χ2v) is 3.26. The molecule has 2 nitrogen and oxygen atoms in total. The number of β-lactam (4-membered cyclic amide) rings is 1. The van der Waals surface area contributed by atoms with Gasteiger partial charge in [-0.3, -0.25) is 4.79 Å². The Morgan fingerprint density at radius 3 is 3.10 bits per heavy atom. The molecule has 1 amide bonds. The van der Waals surface area contributed by atoms with E-state index in [2.05, 4.69) is 0 Å². The predicted molar refractivity (Wildman–Crippen MR) is 38.4 cm³/mol. The molecule has 1 atom stereocenters. The molecule has 10 heavy (non-hydrogen) atoms. The summed E-state index contributed by atoms with van der Waals surface area (Å²) in [6.45, 7) is 0. The molecular formula is C7H8ClNO. The van der Waals surface area contributed by atoms with Crippen molar-refractivity contribution in [3.05, 3.63) is 11.2 Å². The molecule has 0 aromatic carbocycles. The average Bonchev–Trinajstić information content (AvgIpc) is 1.92. The summed E-state index contributed by atoms with van der Waals surface area (Å²) in [7, 11) is 0. The van der Waals surface area contributed by atoms with E-state index in [9.17, 15) is 4.79 Å². The number of hydrogen-bond acceptors (Lipinski definition) is 1. The SMILES string of the molecule is O=C1C[C@H]2CCC(Cl)=CN12. The van der Waals surface area contributed by atoms with Gasteiger partial charge in [-0.1, -0.05) is 11.6 Å². The topological polar surface area (TPSA) is 20.3 Å².